The van der Waals surface area contributed by atoms with E-state index in [1.165, 1.54) is 0 Å². The molecule has 214 valence electrons. The number of nitrogens with two attached hydrogens (primary N) is 1. The molecule has 18 heteroatoms. The number of hydrogen-bond donors (Lipinski definition) is 8. The van der Waals surface area contributed by atoms with Crippen LogP contribution in [0, 0.1) is 0 Å². The van der Waals surface area contributed by atoms with E-state index in [1.807, 2.05) is 0 Å². The van der Waals surface area contributed by atoms with Crippen molar-refractivity contribution in [2.24, 2.45) is 5.73 Å². The molecule has 0 heterocycles. The van der Waals surface area contributed by atoms with Crippen LogP contribution in [0.2, 0.25) is 0 Å². The Morgan fingerprint density at radius 2 is 0.947 bits per heavy atom. The molecule has 2 unspecified atom stereocenters. The van der Waals surface area contributed by atoms with Crippen molar-refractivity contribution in [1.29, 1.82) is 0 Å². The summed E-state index contributed by atoms with van der Waals surface area (Å²) in [6.07, 6.45) is -1.61. The van der Waals surface area contributed by atoms with Gasteiger partial charge in [-0.25, -0.2) is 9.59 Å². The molecule has 18 nitrogen and oxygen atoms in total. The van der Waals surface area contributed by atoms with Crippen molar-refractivity contribution in [1.82, 2.24) is 20.4 Å². The second kappa shape index (κ2) is 17.2. The first-order chi connectivity index (χ1) is 17.6. The first-order valence-corrected chi connectivity index (χ1v) is 11.0. The van der Waals surface area contributed by atoms with Gasteiger partial charge in [-0.1, -0.05) is 0 Å². The van der Waals surface area contributed by atoms with Crippen molar-refractivity contribution >= 4 is 47.6 Å². The van der Waals surface area contributed by atoms with Crippen LogP contribution in [0.5, 0.6) is 0 Å². The lowest BCUT2D eigenvalue weighted by Crippen LogP contribution is -2.50. The molecular formula is C20H31N5O13. The van der Waals surface area contributed by atoms with Gasteiger partial charge in [0.05, 0.1) is 26.2 Å². The Hall–Kier alpha value is -4.32. The van der Waals surface area contributed by atoms with Gasteiger partial charge in [0.15, 0.2) is 0 Å². The lowest BCUT2D eigenvalue weighted by Gasteiger charge is -2.26. The summed E-state index contributed by atoms with van der Waals surface area (Å²) >= 11 is 0. The van der Waals surface area contributed by atoms with Crippen molar-refractivity contribution < 1.29 is 63.9 Å². The monoisotopic (exact) mass is 549 g/mol. The Balaban J connectivity index is 5.26. The van der Waals surface area contributed by atoms with Crippen molar-refractivity contribution in [3.63, 3.8) is 0 Å². The average Bonchev–Trinajstić information content (AvgIpc) is 2.76. The second-order valence-electron chi connectivity index (χ2n) is 8.06. The van der Waals surface area contributed by atoms with Crippen LogP contribution in [-0.4, -0.2) is 134 Å². The molecule has 38 heavy (non-hydrogen) atoms. The van der Waals surface area contributed by atoms with Gasteiger partial charge in [0.2, 0.25) is 17.7 Å². The van der Waals surface area contributed by atoms with Crippen molar-refractivity contribution in [2.75, 3.05) is 39.3 Å². The average molecular weight is 549 g/mol. The van der Waals surface area contributed by atoms with Crippen molar-refractivity contribution in [3.8, 4) is 0 Å². The molecule has 0 aliphatic carbocycles. The van der Waals surface area contributed by atoms with Gasteiger partial charge in [-0.2, -0.15) is 0 Å². The highest BCUT2D eigenvalue weighted by Crippen LogP contribution is 2.01. The zero-order valence-corrected chi connectivity index (χ0v) is 20.2. The van der Waals surface area contributed by atoms with Crippen LogP contribution in [0.3, 0.4) is 0 Å². The van der Waals surface area contributed by atoms with Crippen LogP contribution in [0.1, 0.15) is 25.7 Å². The van der Waals surface area contributed by atoms with Gasteiger partial charge in [-0.15, -0.1) is 0 Å². The number of carbonyl (C=O) groups is 8. The number of aliphatic carboxylic acids is 5. The molecule has 0 aliphatic heterocycles. The number of primary amides is 1. The molecule has 0 radical (unpaired) electrons. The predicted octanol–water partition coefficient (Wildman–Crippen LogP) is -3.97. The van der Waals surface area contributed by atoms with Gasteiger partial charge in [-0.3, -0.25) is 38.6 Å². The SMILES string of the molecule is NC(=O)CCC(NC(=O)CN(CCN(CC(=O)O)CC(=O)NC(CCC(=O)O)C(=O)O)CC(=O)O)C(=O)O. The van der Waals surface area contributed by atoms with Crippen molar-refractivity contribution in [2.45, 2.75) is 37.8 Å². The summed E-state index contributed by atoms with van der Waals surface area (Å²) in [5.41, 5.74) is 4.97. The maximum absolute atomic E-state index is 12.3. The van der Waals surface area contributed by atoms with E-state index >= 15 is 0 Å². The highest BCUT2D eigenvalue weighted by molar-refractivity contribution is 5.86. The fourth-order valence-corrected chi connectivity index (χ4v) is 3.05. The number of nitrogens with one attached hydrogen (secondary N) is 2. The number of carbonyl (C=O) groups excluding carboxylic acids is 3. The van der Waals surface area contributed by atoms with Gasteiger partial charge < -0.3 is 41.9 Å². The molecule has 0 aromatic rings. The molecule has 0 spiro atoms. The van der Waals surface area contributed by atoms with Gasteiger partial charge in [0.25, 0.3) is 0 Å². The molecule has 0 fully saturated rings. The summed E-state index contributed by atoms with van der Waals surface area (Å²) in [5, 5.41) is 49.5. The Labute approximate surface area is 215 Å². The Kier molecular flexibility index (Phi) is 15.2. The van der Waals surface area contributed by atoms with Gasteiger partial charge in [-0.05, 0) is 12.8 Å². The first kappa shape index (κ1) is 33.7. The van der Waals surface area contributed by atoms with E-state index in [0.29, 0.717) is 0 Å². The highest BCUT2D eigenvalue weighted by atomic mass is 16.4. The number of carboxylic acid groups (broad SMARTS) is 5. The number of hydrogen-bond acceptors (Lipinski definition) is 10. The van der Waals surface area contributed by atoms with E-state index in [4.69, 9.17) is 26.2 Å². The smallest absolute Gasteiger partial charge is 0.326 e. The summed E-state index contributed by atoms with van der Waals surface area (Å²) in [6.45, 7) is -3.27. The van der Waals surface area contributed by atoms with E-state index in [-0.39, 0.29) is 25.9 Å². The van der Waals surface area contributed by atoms with E-state index < -0.39 is 98.7 Å². The van der Waals surface area contributed by atoms with Crippen LogP contribution in [-0.2, 0) is 38.4 Å². The second-order valence-corrected chi connectivity index (χ2v) is 8.06. The zero-order chi connectivity index (χ0) is 29.4. The normalized spacial score (nSPS) is 12.4. The highest BCUT2D eigenvalue weighted by Gasteiger charge is 2.25. The summed E-state index contributed by atoms with van der Waals surface area (Å²) in [6, 6.07) is -3.02. The van der Waals surface area contributed by atoms with E-state index in [0.717, 1.165) is 9.80 Å². The minimum absolute atomic E-state index is 0.277. The van der Waals surface area contributed by atoms with Crippen LogP contribution in [0.15, 0.2) is 0 Å². The molecule has 0 aromatic heterocycles. The number of rotatable bonds is 21. The fraction of sp³-hybridized carbons (Fsp3) is 0.600. The standard InChI is InChI=1S/C20H31N5O13/c21-13(26)3-1-11(19(35)36)22-14(27)7-24(9-17(31)32)5-6-25(10-18(33)34)8-15(28)23-12(20(37)38)2-4-16(29)30/h11-12H,1-10H2,(H2,21,26)(H,22,27)(H,23,28)(H,29,30)(H,31,32)(H,33,34)(H,35,36)(H,37,38). The molecule has 3 amide bonds. The zero-order valence-electron chi connectivity index (χ0n) is 20.2. The van der Waals surface area contributed by atoms with Gasteiger partial charge in [0.1, 0.15) is 12.1 Å². The third-order valence-corrected chi connectivity index (χ3v) is 4.78. The molecule has 2 atom stereocenters. The minimum atomic E-state index is -1.55. The molecule has 0 saturated heterocycles. The molecule has 0 aliphatic rings. The predicted molar refractivity (Wildman–Crippen MR) is 123 cm³/mol. The first-order valence-electron chi connectivity index (χ1n) is 11.0. The molecule has 0 aromatic carbocycles. The summed E-state index contributed by atoms with van der Waals surface area (Å²) < 4.78 is 0. The van der Waals surface area contributed by atoms with Gasteiger partial charge in [0, 0.05) is 25.9 Å². The fourth-order valence-electron chi connectivity index (χ4n) is 3.05. The quantitative estimate of drug-likeness (QED) is 0.0677. The Bertz CT molecular complexity index is 838. The van der Waals surface area contributed by atoms with E-state index in [1.54, 1.807) is 0 Å². The minimum Gasteiger partial charge on any atom is -0.481 e. The summed E-state index contributed by atoms with van der Waals surface area (Å²) in [4.78, 5) is 93.1. The summed E-state index contributed by atoms with van der Waals surface area (Å²) in [5.74, 6) is -9.63. The van der Waals surface area contributed by atoms with E-state index in [2.05, 4.69) is 10.6 Å². The lowest BCUT2D eigenvalue weighted by atomic mass is 10.1. The van der Waals surface area contributed by atoms with Crippen molar-refractivity contribution in [3.05, 3.63) is 0 Å². The molecule has 9 N–H and O–H groups in total. The third kappa shape index (κ3) is 16.4. The van der Waals surface area contributed by atoms with Crippen LogP contribution in [0.25, 0.3) is 0 Å². The topological polar surface area (TPSA) is 294 Å². The maximum Gasteiger partial charge on any atom is 0.326 e. The molecule has 0 rings (SSSR count). The summed E-state index contributed by atoms with van der Waals surface area (Å²) in [7, 11) is 0. The van der Waals surface area contributed by atoms with Crippen LogP contribution >= 0.6 is 0 Å². The largest absolute Gasteiger partial charge is 0.481 e. The Morgan fingerprint density at radius 3 is 1.24 bits per heavy atom. The molecule has 0 bridgehead atoms. The van der Waals surface area contributed by atoms with Crippen LogP contribution in [0.4, 0.5) is 0 Å². The number of nitrogens with zero attached hydrogens (tertiary/aromatic N) is 2. The maximum atomic E-state index is 12.3. The van der Waals surface area contributed by atoms with E-state index in [9.17, 15) is 43.5 Å². The van der Waals surface area contributed by atoms with Crippen LogP contribution < -0.4 is 16.4 Å². The van der Waals surface area contributed by atoms with Gasteiger partial charge >= 0.3 is 29.8 Å². The molecular weight excluding hydrogens is 518 g/mol. The molecule has 0 saturated carbocycles. The number of carboxylic acids is 5. The number of amides is 3. The Morgan fingerprint density at radius 1 is 0.579 bits per heavy atom. The third-order valence-electron chi connectivity index (χ3n) is 4.78. The lowest BCUT2D eigenvalue weighted by molar-refractivity contribution is -0.144.